The van der Waals surface area contributed by atoms with Gasteiger partial charge in [0.25, 0.3) is 0 Å². The average molecular weight is 363 g/mol. The first kappa shape index (κ1) is 17.7. The second-order valence-corrected chi connectivity index (χ2v) is 7.61. The monoisotopic (exact) mass is 363 g/mol. The lowest BCUT2D eigenvalue weighted by atomic mass is 9.89. The predicted molar refractivity (Wildman–Crippen MR) is 96.3 cm³/mol. The van der Waals surface area contributed by atoms with Gasteiger partial charge in [0.2, 0.25) is 11.1 Å². The van der Waals surface area contributed by atoms with E-state index in [1.165, 1.54) is 60.0 Å². The minimum Gasteiger partial charge on any atom is -0.336 e. The Labute approximate surface area is 150 Å². The molecule has 0 bridgehead atoms. The summed E-state index contributed by atoms with van der Waals surface area (Å²) >= 11 is 1.26. The zero-order valence-electron chi connectivity index (χ0n) is 14.1. The number of anilines is 1. The molecule has 0 unspecified atom stereocenters. The lowest BCUT2D eigenvalue weighted by Gasteiger charge is -2.20. The molecular formula is C17H22FN5OS. The number of hydrogen-bond acceptors (Lipinski definition) is 5. The van der Waals surface area contributed by atoms with Crippen molar-refractivity contribution in [2.24, 2.45) is 0 Å². The Bertz CT molecular complexity index is 727. The normalized spacial score (nSPS) is 16.6. The van der Waals surface area contributed by atoms with Crippen molar-refractivity contribution in [1.29, 1.82) is 0 Å². The van der Waals surface area contributed by atoms with Gasteiger partial charge in [-0.3, -0.25) is 4.79 Å². The third-order valence-electron chi connectivity index (χ3n) is 4.42. The number of nitrogens with two attached hydrogens (primary N) is 1. The Hall–Kier alpha value is -2.09. The Morgan fingerprint density at radius 3 is 2.64 bits per heavy atom. The number of carbonyl (C=O) groups is 1. The van der Waals surface area contributed by atoms with Crippen LogP contribution in [0.4, 0.5) is 10.1 Å². The molecule has 0 spiro atoms. The lowest BCUT2D eigenvalue weighted by Crippen LogP contribution is -2.24. The SMILES string of the molecule is C[C@H](Sc1nnc(C2CCCCC2)n1N)C(=O)Nc1ccc(F)cc1. The van der Waals surface area contributed by atoms with E-state index in [4.69, 9.17) is 5.84 Å². The first-order valence-electron chi connectivity index (χ1n) is 8.48. The molecule has 1 amide bonds. The zero-order valence-corrected chi connectivity index (χ0v) is 14.9. The molecule has 3 rings (SSSR count). The molecule has 0 radical (unpaired) electrons. The van der Waals surface area contributed by atoms with Gasteiger partial charge in [0.1, 0.15) is 5.82 Å². The molecule has 1 aliphatic carbocycles. The quantitative estimate of drug-likeness (QED) is 0.629. The third kappa shape index (κ3) is 4.31. The second-order valence-electron chi connectivity index (χ2n) is 6.30. The average Bonchev–Trinajstić information content (AvgIpc) is 2.98. The minimum absolute atomic E-state index is 0.196. The molecule has 1 fully saturated rings. The van der Waals surface area contributed by atoms with Crippen molar-refractivity contribution in [1.82, 2.24) is 14.9 Å². The van der Waals surface area contributed by atoms with Gasteiger partial charge in [0.15, 0.2) is 5.82 Å². The molecule has 3 N–H and O–H groups in total. The molecule has 1 aromatic heterocycles. The first-order chi connectivity index (χ1) is 12.0. The summed E-state index contributed by atoms with van der Waals surface area (Å²) in [6.07, 6.45) is 5.81. The summed E-state index contributed by atoms with van der Waals surface area (Å²) in [6.45, 7) is 1.78. The van der Waals surface area contributed by atoms with Crippen LogP contribution in [0.2, 0.25) is 0 Å². The Balaban J connectivity index is 1.62. The Morgan fingerprint density at radius 1 is 1.28 bits per heavy atom. The van der Waals surface area contributed by atoms with E-state index in [9.17, 15) is 9.18 Å². The third-order valence-corrected chi connectivity index (χ3v) is 5.48. The van der Waals surface area contributed by atoms with Crippen LogP contribution >= 0.6 is 11.8 Å². The molecule has 8 heteroatoms. The molecule has 25 heavy (non-hydrogen) atoms. The van der Waals surface area contributed by atoms with Gasteiger partial charge in [0.05, 0.1) is 5.25 Å². The van der Waals surface area contributed by atoms with Crippen molar-refractivity contribution >= 4 is 23.4 Å². The van der Waals surface area contributed by atoms with E-state index in [0.717, 1.165) is 18.7 Å². The van der Waals surface area contributed by atoms with Gasteiger partial charge in [-0.25, -0.2) is 9.07 Å². The van der Waals surface area contributed by atoms with E-state index >= 15 is 0 Å². The molecule has 0 saturated heterocycles. The topological polar surface area (TPSA) is 85.8 Å². The number of thioether (sulfide) groups is 1. The van der Waals surface area contributed by atoms with E-state index < -0.39 is 5.25 Å². The van der Waals surface area contributed by atoms with Gasteiger partial charge in [-0.2, -0.15) is 0 Å². The van der Waals surface area contributed by atoms with Crippen LogP contribution in [0.3, 0.4) is 0 Å². The predicted octanol–water partition coefficient (Wildman–Crippen LogP) is 3.30. The van der Waals surface area contributed by atoms with Gasteiger partial charge < -0.3 is 11.2 Å². The van der Waals surface area contributed by atoms with E-state index in [2.05, 4.69) is 15.5 Å². The summed E-state index contributed by atoms with van der Waals surface area (Å²) in [7, 11) is 0. The summed E-state index contributed by atoms with van der Waals surface area (Å²) < 4.78 is 14.4. The maximum Gasteiger partial charge on any atom is 0.237 e. The number of hydrogen-bond donors (Lipinski definition) is 2. The summed E-state index contributed by atoms with van der Waals surface area (Å²) in [5.41, 5.74) is 0.552. The highest BCUT2D eigenvalue weighted by Crippen LogP contribution is 2.32. The number of nitrogens with zero attached hydrogens (tertiary/aromatic N) is 3. The van der Waals surface area contributed by atoms with Gasteiger partial charge in [-0.1, -0.05) is 31.0 Å². The van der Waals surface area contributed by atoms with Crippen molar-refractivity contribution in [2.75, 3.05) is 11.2 Å². The second kappa shape index (κ2) is 7.86. The van der Waals surface area contributed by atoms with Crippen LogP contribution in [0.5, 0.6) is 0 Å². The van der Waals surface area contributed by atoms with E-state index in [1.54, 1.807) is 6.92 Å². The summed E-state index contributed by atoms with van der Waals surface area (Å²) in [4.78, 5) is 12.3. The van der Waals surface area contributed by atoms with Crippen molar-refractivity contribution < 1.29 is 9.18 Å². The molecule has 6 nitrogen and oxygen atoms in total. The number of rotatable bonds is 5. The molecule has 1 heterocycles. The highest BCUT2D eigenvalue weighted by atomic mass is 32.2. The van der Waals surface area contributed by atoms with Crippen molar-refractivity contribution in [2.45, 2.75) is 55.4 Å². The molecule has 1 aromatic carbocycles. The van der Waals surface area contributed by atoms with Crippen LogP contribution in [0.25, 0.3) is 0 Å². The van der Waals surface area contributed by atoms with Crippen molar-refractivity contribution in [3.63, 3.8) is 0 Å². The fourth-order valence-corrected chi connectivity index (χ4v) is 3.77. The van der Waals surface area contributed by atoms with Crippen LogP contribution < -0.4 is 11.2 Å². The van der Waals surface area contributed by atoms with Gasteiger partial charge in [0, 0.05) is 11.6 Å². The standard InChI is InChI=1S/C17H22FN5OS/c1-11(16(24)20-14-9-7-13(18)8-10-14)25-17-22-21-15(23(17)19)12-5-3-2-4-6-12/h7-12H,2-6,19H2,1H3,(H,20,24)/t11-/m0/s1. The molecule has 1 atom stereocenters. The molecule has 1 saturated carbocycles. The molecule has 1 aliphatic rings. The maximum absolute atomic E-state index is 12.9. The minimum atomic E-state index is -0.407. The fourth-order valence-electron chi connectivity index (χ4n) is 3.00. The van der Waals surface area contributed by atoms with Gasteiger partial charge in [-0.05, 0) is 44.0 Å². The zero-order chi connectivity index (χ0) is 17.8. The summed E-state index contributed by atoms with van der Waals surface area (Å²) in [6, 6.07) is 5.66. The van der Waals surface area contributed by atoms with Crippen LogP contribution in [-0.4, -0.2) is 26.0 Å². The number of halogens is 1. The number of nitrogen functional groups attached to an aromatic ring is 1. The Kier molecular flexibility index (Phi) is 5.57. The highest BCUT2D eigenvalue weighted by Gasteiger charge is 2.24. The lowest BCUT2D eigenvalue weighted by molar-refractivity contribution is -0.115. The number of carbonyl (C=O) groups excluding carboxylic acids is 1. The fraction of sp³-hybridized carbons (Fsp3) is 0.471. The molecule has 2 aromatic rings. The summed E-state index contributed by atoms with van der Waals surface area (Å²) in [5.74, 6) is 6.76. The number of amides is 1. The molecule has 0 aliphatic heterocycles. The largest absolute Gasteiger partial charge is 0.336 e. The highest BCUT2D eigenvalue weighted by molar-refractivity contribution is 8.00. The van der Waals surface area contributed by atoms with Crippen LogP contribution in [0.1, 0.15) is 50.8 Å². The molecular weight excluding hydrogens is 341 g/mol. The number of benzene rings is 1. The van der Waals surface area contributed by atoms with Crippen LogP contribution in [0.15, 0.2) is 29.4 Å². The van der Waals surface area contributed by atoms with Crippen LogP contribution in [-0.2, 0) is 4.79 Å². The summed E-state index contributed by atoms with van der Waals surface area (Å²) in [5, 5.41) is 11.3. The van der Waals surface area contributed by atoms with Crippen LogP contribution in [0, 0.1) is 5.82 Å². The smallest absolute Gasteiger partial charge is 0.237 e. The number of nitrogens with one attached hydrogen (secondary N) is 1. The van der Waals surface area contributed by atoms with Crippen molar-refractivity contribution in [3.8, 4) is 0 Å². The Morgan fingerprint density at radius 2 is 1.96 bits per heavy atom. The maximum atomic E-state index is 12.9. The van der Waals surface area contributed by atoms with Gasteiger partial charge >= 0.3 is 0 Å². The van der Waals surface area contributed by atoms with E-state index in [-0.39, 0.29) is 11.7 Å². The molecule has 134 valence electrons. The van der Waals surface area contributed by atoms with E-state index in [0.29, 0.717) is 16.8 Å². The van der Waals surface area contributed by atoms with E-state index in [1.807, 2.05) is 0 Å². The number of aromatic nitrogens is 3. The first-order valence-corrected chi connectivity index (χ1v) is 9.36. The van der Waals surface area contributed by atoms with Gasteiger partial charge in [-0.15, -0.1) is 10.2 Å². The van der Waals surface area contributed by atoms with Crippen molar-refractivity contribution in [3.05, 3.63) is 35.9 Å².